The molecule has 1 aliphatic heterocycles. The first-order valence-corrected chi connectivity index (χ1v) is 9.92. The maximum atomic E-state index is 12.7. The van der Waals surface area contributed by atoms with Gasteiger partial charge in [0.2, 0.25) is 0 Å². The van der Waals surface area contributed by atoms with Gasteiger partial charge in [-0.2, -0.15) is 13.2 Å². The Morgan fingerprint density at radius 1 is 1.39 bits per heavy atom. The number of likely N-dealkylation sites (tertiary alicyclic amines) is 1. The van der Waals surface area contributed by atoms with E-state index in [1.807, 2.05) is 4.90 Å². The molecule has 1 saturated heterocycles. The zero-order chi connectivity index (χ0) is 20.7. The predicted molar refractivity (Wildman–Crippen MR) is 103 cm³/mol. The maximum absolute atomic E-state index is 12.7. The van der Waals surface area contributed by atoms with E-state index >= 15 is 0 Å². The van der Waals surface area contributed by atoms with Crippen molar-refractivity contribution in [3.8, 4) is 0 Å². The van der Waals surface area contributed by atoms with E-state index in [0.29, 0.717) is 35.9 Å². The normalized spacial score (nSPS) is 19.6. The molecule has 1 aromatic rings. The van der Waals surface area contributed by atoms with Gasteiger partial charge in [-0.3, -0.25) is 0 Å². The fourth-order valence-corrected chi connectivity index (χ4v) is 4.11. The molecular weight excluding hydrogens is 399 g/mol. The first-order valence-electron chi connectivity index (χ1n) is 9.10. The minimum absolute atomic E-state index is 0.0254. The van der Waals surface area contributed by atoms with Crippen LogP contribution in [0.25, 0.3) is 0 Å². The Hall–Kier alpha value is -1.68. The number of thiophene rings is 1. The Morgan fingerprint density at radius 3 is 2.79 bits per heavy atom. The molecule has 0 radical (unpaired) electrons. The van der Waals surface area contributed by atoms with Crippen molar-refractivity contribution in [2.45, 2.75) is 51.3 Å². The van der Waals surface area contributed by atoms with E-state index in [2.05, 4.69) is 10.3 Å². The van der Waals surface area contributed by atoms with Gasteiger partial charge in [-0.1, -0.05) is 6.08 Å². The molecule has 10 heteroatoms. The SMILES string of the molecule is C/C=C\N=C(c1cc(CC(F)(F)F)sc1N)N1CCC[C@@H](NCC(F)F)CC1. The van der Waals surface area contributed by atoms with Crippen molar-refractivity contribution in [3.05, 3.63) is 28.8 Å². The van der Waals surface area contributed by atoms with Crippen molar-refractivity contribution in [1.29, 1.82) is 0 Å². The summed E-state index contributed by atoms with van der Waals surface area (Å²) in [6, 6.07) is 1.43. The molecule has 0 aromatic carbocycles. The summed E-state index contributed by atoms with van der Waals surface area (Å²) in [6.45, 7) is 2.64. The monoisotopic (exact) mass is 424 g/mol. The third-order valence-electron chi connectivity index (χ3n) is 4.36. The molecule has 1 aromatic heterocycles. The van der Waals surface area contributed by atoms with Crippen molar-refractivity contribution in [2.75, 3.05) is 25.4 Å². The lowest BCUT2D eigenvalue weighted by Crippen LogP contribution is -2.36. The molecule has 0 saturated carbocycles. The van der Waals surface area contributed by atoms with Gasteiger partial charge >= 0.3 is 6.18 Å². The average Bonchev–Trinajstić information content (AvgIpc) is 2.80. The van der Waals surface area contributed by atoms with Crippen molar-refractivity contribution in [3.63, 3.8) is 0 Å². The van der Waals surface area contributed by atoms with Crippen LogP contribution in [0.4, 0.5) is 27.0 Å². The molecule has 0 spiro atoms. The van der Waals surface area contributed by atoms with Crippen LogP contribution >= 0.6 is 11.3 Å². The molecule has 2 rings (SSSR count). The molecule has 1 fully saturated rings. The van der Waals surface area contributed by atoms with Gasteiger partial charge in [0.1, 0.15) is 5.84 Å². The number of alkyl halides is 5. The number of nitrogens with one attached hydrogen (secondary N) is 1. The molecule has 28 heavy (non-hydrogen) atoms. The Morgan fingerprint density at radius 2 is 2.14 bits per heavy atom. The van der Waals surface area contributed by atoms with E-state index in [9.17, 15) is 22.0 Å². The summed E-state index contributed by atoms with van der Waals surface area (Å²) in [4.78, 5) is 6.53. The number of anilines is 1. The Bertz CT molecular complexity index is 684. The molecule has 0 amide bonds. The molecule has 0 bridgehead atoms. The van der Waals surface area contributed by atoms with Crippen molar-refractivity contribution < 1.29 is 22.0 Å². The Labute approximate surface area is 165 Å². The largest absolute Gasteiger partial charge is 0.393 e. The maximum Gasteiger partial charge on any atom is 0.393 e. The number of allylic oxidation sites excluding steroid dienone is 1. The van der Waals surface area contributed by atoms with E-state index < -0.39 is 19.0 Å². The smallest absolute Gasteiger partial charge is 0.390 e. The number of nitrogens with two attached hydrogens (primary N) is 1. The molecule has 4 nitrogen and oxygen atoms in total. The zero-order valence-corrected chi connectivity index (χ0v) is 16.4. The minimum atomic E-state index is -4.30. The molecule has 1 atom stereocenters. The van der Waals surface area contributed by atoms with Crippen LogP contribution in [0.1, 0.15) is 36.6 Å². The quantitative estimate of drug-likeness (QED) is 0.404. The molecule has 2 heterocycles. The number of halogens is 5. The molecule has 1 aliphatic rings. The van der Waals surface area contributed by atoms with Gasteiger partial charge < -0.3 is 16.0 Å². The van der Waals surface area contributed by atoms with Crippen LogP contribution in [0, 0.1) is 0 Å². The predicted octanol–water partition coefficient (Wildman–Crippen LogP) is 4.42. The minimum Gasteiger partial charge on any atom is -0.390 e. The molecule has 0 aliphatic carbocycles. The fourth-order valence-electron chi connectivity index (χ4n) is 3.15. The molecule has 3 N–H and O–H groups in total. The lowest BCUT2D eigenvalue weighted by Gasteiger charge is -2.24. The average molecular weight is 424 g/mol. The van der Waals surface area contributed by atoms with Crippen LogP contribution in [0.3, 0.4) is 0 Å². The van der Waals surface area contributed by atoms with Crippen LogP contribution in [0.5, 0.6) is 0 Å². The number of aliphatic imine (C=N–C) groups is 1. The first-order chi connectivity index (χ1) is 13.2. The van der Waals surface area contributed by atoms with Crippen LogP contribution in [-0.4, -0.2) is 49.0 Å². The number of hydrogen-bond donors (Lipinski definition) is 2. The summed E-state index contributed by atoms with van der Waals surface area (Å²) in [7, 11) is 0. The second-order valence-corrected chi connectivity index (χ2v) is 7.80. The second-order valence-electron chi connectivity index (χ2n) is 6.63. The van der Waals surface area contributed by atoms with Gasteiger partial charge in [-0.15, -0.1) is 11.3 Å². The number of nitrogens with zero attached hydrogens (tertiary/aromatic N) is 2. The van der Waals surface area contributed by atoms with Crippen LogP contribution in [0.15, 0.2) is 23.3 Å². The van der Waals surface area contributed by atoms with E-state index in [0.717, 1.165) is 24.2 Å². The van der Waals surface area contributed by atoms with Crippen molar-refractivity contribution in [1.82, 2.24) is 10.2 Å². The van der Waals surface area contributed by atoms with Gasteiger partial charge in [0.15, 0.2) is 0 Å². The van der Waals surface area contributed by atoms with Gasteiger partial charge in [0, 0.05) is 30.2 Å². The second kappa shape index (κ2) is 10.2. The standard InChI is InChI=1S/C18H25F5N4S/c1-2-6-25-17(14-9-13(28-16(14)24)10-18(21,22)23)27-7-3-4-12(5-8-27)26-11-15(19)20/h2,6,9,12,15,26H,3-5,7-8,10-11,24H2,1H3/b6-2-,25-17?/t12-/m1/s1. The third-order valence-corrected chi connectivity index (χ3v) is 5.33. The summed E-state index contributed by atoms with van der Waals surface area (Å²) in [6.07, 6.45) is -2.28. The molecule has 0 unspecified atom stereocenters. The number of amidine groups is 1. The highest BCUT2D eigenvalue weighted by Gasteiger charge is 2.30. The first kappa shape index (κ1) is 22.6. The van der Waals surface area contributed by atoms with Crippen molar-refractivity contribution in [2.24, 2.45) is 4.99 Å². The van der Waals surface area contributed by atoms with Gasteiger partial charge in [-0.25, -0.2) is 13.8 Å². The number of rotatable bonds is 6. The highest BCUT2D eigenvalue weighted by atomic mass is 32.1. The van der Waals surface area contributed by atoms with Crippen LogP contribution in [-0.2, 0) is 6.42 Å². The third kappa shape index (κ3) is 7.05. The Kier molecular flexibility index (Phi) is 8.23. The van der Waals surface area contributed by atoms with E-state index in [4.69, 9.17) is 5.73 Å². The highest BCUT2D eigenvalue weighted by molar-refractivity contribution is 7.16. The van der Waals surface area contributed by atoms with Gasteiger partial charge in [-0.05, 0) is 32.3 Å². The number of nitrogen functional groups attached to an aromatic ring is 1. The lowest BCUT2D eigenvalue weighted by molar-refractivity contribution is -0.126. The topological polar surface area (TPSA) is 53.6 Å². The molecule has 158 valence electrons. The summed E-state index contributed by atoms with van der Waals surface area (Å²) < 4.78 is 63.0. The Balaban J connectivity index is 2.18. The highest BCUT2D eigenvalue weighted by Crippen LogP contribution is 2.32. The van der Waals surface area contributed by atoms with E-state index in [-0.39, 0.29) is 17.5 Å². The van der Waals surface area contributed by atoms with E-state index in [1.54, 1.807) is 19.2 Å². The lowest BCUT2D eigenvalue weighted by atomic mass is 10.1. The fraction of sp³-hybridized carbons (Fsp3) is 0.611. The summed E-state index contributed by atoms with van der Waals surface area (Å²) in [5.41, 5.74) is 6.50. The summed E-state index contributed by atoms with van der Waals surface area (Å²) in [5, 5.41) is 3.16. The summed E-state index contributed by atoms with van der Waals surface area (Å²) in [5.74, 6) is 0.523. The van der Waals surface area contributed by atoms with Crippen LogP contribution < -0.4 is 11.1 Å². The summed E-state index contributed by atoms with van der Waals surface area (Å²) >= 11 is 0.915. The number of hydrogen-bond acceptors (Lipinski definition) is 4. The van der Waals surface area contributed by atoms with Gasteiger partial charge in [0.05, 0.1) is 23.5 Å². The zero-order valence-electron chi connectivity index (χ0n) is 15.6. The van der Waals surface area contributed by atoms with Gasteiger partial charge in [0.25, 0.3) is 6.43 Å². The van der Waals surface area contributed by atoms with E-state index in [1.165, 1.54) is 6.07 Å². The van der Waals surface area contributed by atoms with Crippen molar-refractivity contribution >= 4 is 22.2 Å². The van der Waals surface area contributed by atoms with Crippen LogP contribution in [0.2, 0.25) is 0 Å². The molecular formula is C18H25F5N4S.